The summed E-state index contributed by atoms with van der Waals surface area (Å²) in [6.45, 7) is 23.2. The Balaban J connectivity index is 1.24. The number of phosphoric ester groups is 2. The number of hydrogen-bond donors (Lipinski definition) is 0. The van der Waals surface area contributed by atoms with Crippen LogP contribution in [0.25, 0.3) is 0 Å². The maximum atomic E-state index is 15.9. The van der Waals surface area contributed by atoms with E-state index in [2.05, 4.69) is 125 Å². The van der Waals surface area contributed by atoms with Crippen molar-refractivity contribution < 1.29 is 36.3 Å². The Morgan fingerprint density at radius 3 is 1.45 bits per heavy atom. The normalized spacial score (nSPS) is 21.3. The molecule has 0 spiro atoms. The van der Waals surface area contributed by atoms with Gasteiger partial charge in [-0.1, -0.05) is 171 Å². The smallest absolute Gasteiger partial charge is 0.394 e. The Bertz CT molecular complexity index is 2460. The van der Waals surface area contributed by atoms with Crippen LogP contribution in [-0.4, -0.2) is 6.79 Å². The first-order valence-corrected chi connectivity index (χ1v) is 28.0. The molecule has 0 amide bonds. The van der Waals surface area contributed by atoms with Gasteiger partial charge < -0.3 is 18.1 Å². The molecule has 358 valence electrons. The summed E-state index contributed by atoms with van der Waals surface area (Å²) < 4.78 is 71.4. The molecule has 2 aliphatic heterocycles. The van der Waals surface area contributed by atoms with E-state index in [1.807, 2.05) is 0 Å². The average Bonchev–Trinajstić information content (AvgIpc) is 3.23. The fraction of sp³-hybridized carbons (Fsp3) is 0.571. The minimum Gasteiger partial charge on any atom is -0.394 e. The van der Waals surface area contributed by atoms with Gasteiger partial charge >= 0.3 is 15.6 Å². The lowest BCUT2D eigenvalue weighted by molar-refractivity contribution is 0.0650. The third-order valence-electron chi connectivity index (χ3n) is 15.3. The Labute approximate surface area is 396 Å². The molecular formula is C56H76O8P2. The van der Waals surface area contributed by atoms with Crippen LogP contribution in [0.5, 0.6) is 23.0 Å². The van der Waals surface area contributed by atoms with Crippen molar-refractivity contribution in [1.82, 2.24) is 0 Å². The van der Waals surface area contributed by atoms with E-state index >= 15 is 9.13 Å². The standard InChI is InChI=1S/C56H76O8P2/c1-12-20-41(7)46-30-37(3)26-42-34-43-27-38(4)31-47(54(8,9)21-13-2)51(43)62-65(57,61-50(42)46)59-36-60-66(58)63-52-44(28-39(5)32-48(52)55(10)22-16-14-17-23-55)35-45-29-40(6)33-49(53(45)64-66)56(11)24-18-15-19-25-56/h26-33,41H,12-25,34-36H2,1-11H3. The van der Waals surface area contributed by atoms with Crippen molar-refractivity contribution in [3.63, 3.8) is 0 Å². The predicted octanol–water partition coefficient (Wildman–Crippen LogP) is 17.0. The summed E-state index contributed by atoms with van der Waals surface area (Å²) in [5, 5.41) is 0. The summed E-state index contributed by atoms with van der Waals surface area (Å²) in [7, 11) is -9.18. The Hall–Kier alpha value is -3.54. The summed E-state index contributed by atoms with van der Waals surface area (Å²) in [5.41, 5.74) is 11.4. The largest absolute Gasteiger partial charge is 0.589 e. The number of hydrogen-bond acceptors (Lipinski definition) is 8. The van der Waals surface area contributed by atoms with Gasteiger partial charge in [0, 0.05) is 29.5 Å². The van der Waals surface area contributed by atoms with Gasteiger partial charge in [-0.2, -0.15) is 0 Å². The monoisotopic (exact) mass is 939 g/mol. The van der Waals surface area contributed by atoms with Crippen molar-refractivity contribution in [2.45, 2.75) is 201 Å². The molecule has 8 rings (SSSR count). The Kier molecular flexibility index (Phi) is 14.2. The molecule has 2 aliphatic carbocycles. The summed E-state index contributed by atoms with van der Waals surface area (Å²) >= 11 is 0. The van der Waals surface area contributed by atoms with Crippen LogP contribution in [0.3, 0.4) is 0 Å². The second-order valence-corrected chi connectivity index (χ2v) is 24.8. The van der Waals surface area contributed by atoms with Crippen LogP contribution in [0.4, 0.5) is 0 Å². The van der Waals surface area contributed by atoms with E-state index in [4.69, 9.17) is 27.1 Å². The van der Waals surface area contributed by atoms with E-state index in [9.17, 15) is 0 Å². The molecule has 10 heteroatoms. The molecule has 0 N–H and O–H groups in total. The van der Waals surface area contributed by atoms with Gasteiger partial charge in [0.25, 0.3) is 0 Å². The van der Waals surface area contributed by atoms with Crippen LogP contribution < -0.4 is 18.1 Å². The first kappa shape index (κ1) is 48.9. The second-order valence-electron chi connectivity index (χ2n) is 21.8. The number of benzene rings is 4. The highest BCUT2D eigenvalue weighted by atomic mass is 31.2. The lowest BCUT2D eigenvalue weighted by atomic mass is 9.69. The van der Waals surface area contributed by atoms with Crippen molar-refractivity contribution in [2.24, 2.45) is 0 Å². The van der Waals surface area contributed by atoms with Gasteiger partial charge in [0.05, 0.1) is 0 Å². The fourth-order valence-electron chi connectivity index (χ4n) is 11.9. The molecule has 4 aliphatic rings. The lowest BCUT2D eigenvalue weighted by Gasteiger charge is -2.39. The summed E-state index contributed by atoms with van der Waals surface area (Å²) in [6.07, 6.45) is 15.6. The van der Waals surface area contributed by atoms with Crippen LogP contribution in [0.15, 0.2) is 48.5 Å². The van der Waals surface area contributed by atoms with E-state index < -0.39 is 22.4 Å². The Morgan fingerprint density at radius 2 is 0.985 bits per heavy atom. The zero-order chi connectivity index (χ0) is 47.2. The second kappa shape index (κ2) is 19.1. The molecule has 2 saturated carbocycles. The van der Waals surface area contributed by atoms with Gasteiger partial charge in [0.1, 0.15) is 23.0 Å². The maximum absolute atomic E-state index is 15.9. The molecule has 4 aromatic carbocycles. The summed E-state index contributed by atoms with van der Waals surface area (Å²) in [4.78, 5) is 0. The molecule has 2 atom stereocenters. The fourth-order valence-corrected chi connectivity index (χ4v) is 14.3. The molecule has 2 heterocycles. The van der Waals surface area contributed by atoms with Crippen molar-refractivity contribution >= 4 is 15.6 Å². The molecule has 4 aromatic rings. The zero-order valence-electron chi connectivity index (χ0n) is 41.9. The number of fused-ring (bicyclic) bond motifs is 4. The third-order valence-corrected chi connectivity index (χ3v) is 17.8. The highest BCUT2D eigenvalue weighted by molar-refractivity contribution is 7.50. The maximum Gasteiger partial charge on any atom is 0.589 e. The van der Waals surface area contributed by atoms with E-state index in [0.717, 1.165) is 144 Å². The van der Waals surface area contributed by atoms with E-state index in [1.165, 1.54) is 12.8 Å². The number of aryl methyl sites for hydroxylation is 4. The van der Waals surface area contributed by atoms with Crippen molar-refractivity contribution in [3.8, 4) is 23.0 Å². The van der Waals surface area contributed by atoms with Gasteiger partial charge in [-0.3, -0.25) is 0 Å². The van der Waals surface area contributed by atoms with Crippen LogP contribution >= 0.6 is 15.6 Å². The van der Waals surface area contributed by atoms with E-state index in [1.54, 1.807) is 0 Å². The van der Waals surface area contributed by atoms with Crippen molar-refractivity contribution in [1.29, 1.82) is 0 Å². The van der Waals surface area contributed by atoms with Gasteiger partial charge in [0.2, 0.25) is 0 Å². The number of rotatable bonds is 12. The third kappa shape index (κ3) is 10.1. The quantitative estimate of drug-likeness (QED) is 0.102. The molecule has 0 aromatic heterocycles. The van der Waals surface area contributed by atoms with Crippen molar-refractivity contribution in [2.75, 3.05) is 6.79 Å². The van der Waals surface area contributed by atoms with Gasteiger partial charge in [0.15, 0.2) is 6.79 Å². The molecule has 0 bridgehead atoms. The predicted molar refractivity (Wildman–Crippen MR) is 267 cm³/mol. The Morgan fingerprint density at radius 1 is 0.576 bits per heavy atom. The highest BCUT2D eigenvalue weighted by Crippen LogP contribution is 2.61. The number of phosphoric acid groups is 2. The van der Waals surface area contributed by atoms with Gasteiger partial charge in [-0.05, 0) is 116 Å². The van der Waals surface area contributed by atoms with Crippen molar-refractivity contribution in [3.05, 3.63) is 115 Å². The first-order valence-electron chi connectivity index (χ1n) is 25.1. The van der Waals surface area contributed by atoms with E-state index in [-0.39, 0.29) is 22.2 Å². The topological polar surface area (TPSA) is 89.5 Å². The molecule has 2 unspecified atom stereocenters. The first-order chi connectivity index (χ1) is 31.3. The highest BCUT2D eigenvalue weighted by Gasteiger charge is 2.45. The van der Waals surface area contributed by atoms with Crippen LogP contribution in [0.1, 0.15) is 211 Å². The SMILES string of the molecule is CCCC(C)c1cc(C)cc2c1OP(=O)(OCOP1(=O)Oc3c(cc(C)cc3C3(C)CCCCC3)Cc3cc(C)cc(C4(C)CCCCC4)c3O1)Oc1c(cc(C)cc1C(C)(C)CCC)C2. The molecule has 0 radical (unpaired) electrons. The lowest BCUT2D eigenvalue weighted by Crippen LogP contribution is -2.28. The molecular weight excluding hydrogens is 863 g/mol. The van der Waals surface area contributed by atoms with Gasteiger partial charge in [-0.25, -0.2) is 18.2 Å². The average molecular weight is 939 g/mol. The molecule has 66 heavy (non-hydrogen) atoms. The van der Waals surface area contributed by atoms with E-state index in [0.29, 0.717) is 35.8 Å². The minimum absolute atomic E-state index is 0.115. The van der Waals surface area contributed by atoms with Crippen LogP contribution in [0.2, 0.25) is 0 Å². The molecule has 8 nitrogen and oxygen atoms in total. The van der Waals surface area contributed by atoms with Crippen LogP contribution in [-0.2, 0) is 47.3 Å². The summed E-state index contributed by atoms with van der Waals surface area (Å²) in [5.74, 6) is 2.20. The summed E-state index contributed by atoms with van der Waals surface area (Å²) in [6, 6.07) is 17.2. The van der Waals surface area contributed by atoms with Gasteiger partial charge in [-0.15, -0.1) is 0 Å². The van der Waals surface area contributed by atoms with Crippen LogP contribution in [0, 0.1) is 27.7 Å². The zero-order valence-corrected chi connectivity index (χ0v) is 43.7. The minimum atomic E-state index is -4.59. The molecule has 0 saturated heterocycles. The molecule has 2 fully saturated rings.